The van der Waals surface area contributed by atoms with Gasteiger partial charge in [0, 0.05) is 42.7 Å². The van der Waals surface area contributed by atoms with Crippen LogP contribution in [0.1, 0.15) is 13.8 Å². The summed E-state index contributed by atoms with van der Waals surface area (Å²) in [6.07, 6.45) is 2.90. The molecule has 1 aliphatic heterocycles. The van der Waals surface area contributed by atoms with E-state index in [1.54, 1.807) is 19.4 Å². The van der Waals surface area contributed by atoms with E-state index in [9.17, 15) is 4.39 Å². The Labute approximate surface area is 194 Å². The van der Waals surface area contributed by atoms with Crippen molar-refractivity contribution >= 4 is 44.8 Å². The SMILES string of the molecule is COc1ccc(Nc2nc(N3C[C@@H](C)N[C@@H](C)C3)ncc2F)cc1Nc1ccnc(Br)c1. The predicted octanol–water partition coefficient (Wildman–Crippen LogP) is 4.46. The van der Waals surface area contributed by atoms with Crippen molar-refractivity contribution in [1.82, 2.24) is 20.3 Å². The number of aromatic nitrogens is 3. The molecule has 10 heteroatoms. The molecule has 0 saturated carbocycles. The van der Waals surface area contributed by atoms with Crippen LogP contribution in [0.15, 0.2) is 47.3 Å². The second kappa shape index (κ2) is 9.66. The van der Waals surface area contributed by atoms with Crippen molar-refractivity contribution in [3.63, 3.8) is 0 Å². The van der Waals surface area contributed by atoms with Gasteiger partial charge in [-0.05, 0) is 60.1 Å². The molecule has 1 aromatic carbocycles. The Morgan fingerprint density at radius 3 is 2.56 bits per heavy atom. The van der Waals surface area contributed by atoms with E-state index in [2.05, 4.69) is 65.6 Å². The van der Waals surface area contributed by atoms with E-state index >= 15 is 0 Å². The monoisotopic (exact) mass is 501 g/mol. The lowest BCUT2D eigenvalue weighted by atomic mass is 10.1. The van der Waals surface area contributed by atoms with Gasteiger partial charge in [-0.15, -0.1) is 0 Å². The molecule has 1 aliphatic rings. The number of ether oxygens (including phenoxy) is 1. The first-order valence-corrected chi connectivity index (χ1v) is 11.1. The third-order valence-corrected chi connectivity index (χ3v) is 5.47. The number of hydrogen-bond donors (Lipinski definition) is 3. The first kappa shape index (κ1) is 22.2. The first-order chi connectivity index (χ1) is 15.4. The van der Waals surface area contributed by atoms with Crippen molar-refractivity contribution in [3.8, 4) is 5.75 Å². The Morgan fingerprint density at radius 2 is 1.84 bits per heavy atom. The summed E-state index contributed by atoms with van der Waals surface area (Å²) in [5.74, 6) is 0.753. The zero-order chi connectivity index (χ0) is 22.7. The predicted molar refractivity (Wildman–Crippen MR) is 128 cm³/mol. The molecule has 0 amide bonds. The van der Waals surface area contributed by atoms with Crippen molar-refractivity contribution in [3.05, 3.63) is 53.1 Å². The normalized spacial score (nSPS) is 18.3. The number of halogens is 2. The van der Waals surface area contributed by atoms with Gasteiger partial charge in [0.25, 0.3) is 0 Å². The summed E-state index contributed by atoms with van der Waals surface area (Å²) in [5, 5.41) is 9.85. The second-order valence-electron chi connectivity index (χ2n) is 7.77. The van der Waals surface area contributed by atoms with Gasteiger partial charge in [0.1, 0.15) is 10.4 Å². The van der Waals surface area contributed by atoms with Gasteiger partial charge in [-0.2, -0.15) is 4.98 Å². The van der Waals surface area contributed by atoms with E-state index in [-0.39, 0.29) is 5.82 Å². The maximum absolute atomic E-state index is 14.5. The first-order valence-electron chi connectivity index (χ1n) is 10.3. The van der Waals surface area contributed by atoms with Gasteiger partial charge >= 0.3 is 0 Å². The fourth-order valence-electron chi connectivity index (χ4n) is 3.74. The summed E-state index contributed by atoms with van der Waals surface area (Å²) in [5.41, 5.74) is 2.21. The Balaban J connectivity index is 1.58. The van der Waals surface area contributed by atoms with Crippen molar-refractivity contribution in [2.45, 2.75) is 25.9 Å². The van der Waals surface area contributed by atoms with Crippen LogP contribution in [0.25, 0.3) is 0 Å². The summed E-state index contributed by atoms with van der Waals surface area (Å²) in [4.78, 5) is 14.9. The molecule has 3 heterocycles. The van der Waals surface area contributed by atoms with E-state index < -0.39 is 5.82 Å². The van der Waals surface area contributed by atoms with Crippen LogP contribution >= 0.6 is 15.9 Å². The third kappa shape index (κ3) is 5.25. The van der Waals surface area contributed by atoms with Crippen LogP contribution in [0, 0.1) is 5.82 Å². The number of pyridine rings is 1. The number of benzene rings is 1. The summed E-state index contributed by atoms with van der Waals surface area (Å²) >= 11 is 3.37. The van der Waals surface area contributed by atoms with Crippen molar-refractivity contribution in [1.29, 1.82) is 0 Å². The molecule has 0 bridgehead atoms. The molecule has 3 N–H and O–H groups in total. The maximum atomic E-state index is 14.5. The van der Waals surface area contributed by atoms with Crippen LogP contribution in [0.4, 0.5) is 33.2 Å². The summed E-state index contributed by atoms with van der Waals surface area (Å²) in [6.45, 7) is 5.73. The molecule has 0 radical (unpaired) electrons. The number of rotatable bonds is 6. The van der Waals surface area contributed by atoms with E-state index in [0.29, 0.717) is 34.1 Å². The van der Waals surface area contributed by atoms with Gasteiger partial charge in [0.05, 0.1) is 19.0 Å². The van der Waals surface area contributed by atoms with Crippen molar-refractivity contribution < 1.29 is 9.13 Å². The molecule has 8 nitrogen and oxygen atoms in total. The lowest BCUT2D eigenvalue weighted by Gasteiger charge is -2.36. The lowest BCUT2D eigenvalue weighted by molar-refractivity contribution is 0.403. The Kier molecular flexibility index (Phi) is 6.71. The molecule has 3 aromatic rings. The van der Waals surface area contributed by atoms with Crippen LogP contribution in [-0.4, -0.2) is 47.2 Å². The minimum absolute atomic E-state index is 0.122. The highest BCUT2D eigenvalue weighted by Gasteiger charge is 2.23. The zero-order valence-electron chi connectivity index (χ0n) is 18.1. The average molecular weight is 502 g/mol. The number of hydrogen-bond acceptors (Lipinski definition) is 8. The number of nitrogens with one attached hydrogen (secondary N) is 3. The van der Waals surface area contributed by atoms with Crippen LogP contribution in [-0.2, 0) is 0 Å². The molecule has 32 heavy (non-hydrogen) atoms. The average Bonchev–Trinajstić information content (AvgIpc) is 2.75. The highest BCUT2D eigenvalue weighted by molar-refractivity contribution is 9.10. The summed E-state index contributed by atoms with van der Waals surface area (Å²) < 4.78 is 20.7. The Hall–Kier alpha value is -2.98. The van der Waals surface area contributed by atoms with Gasteiger partial charge < -0.3 is 25.6 Å². The highest BCUT2D eigenvalue weighted by Crippen LogP contribution is 2.32. The Morgan fingerprint density at radius 1 is 1.09 bits per heavy atom. The highest BCUT2D eigenvalue weighted by atomic mass is 79.9. The maximum Gasteiger partial charge on any atom is 0.227 e. The van der Waals surface area contributed by atoms with Gasteiger partial charge in [0.15, 0.2) is 11.6 Å². The standard InChI is InChI=1S/C22H25BrFN7O/c1-13-11-31(12-14(2)27-13)22-26-10-17(24)21(30-22)29-15-4-5-19(32-3)18(8-15)28-16-6-7-25-20(23)9-16/h4-10,13-14,27H,11-12H2,1-3H3,(H,25,28)(H,26,29,30)/t13-,14+. The topological polar surface area (TPSA) is 87.2 Å². The fraction of sp³-hybridized carbons (Fsp3) is 0.318. The molecule has 1 fully saturated rings. The molecule has 168 valence electrons. The summed E-state index contributed by atoms with van der Waals surface area (Å²) in [6, 6.07) is 9.74. The molecular weight excluding hydrogens is 477 g/mol. The molecule has 0 aliphatic carbocycles. The molecule has 0 spiro atoms. The van der Waals surface area contributed by atoms with Gasteiger partial charge in [0.2, 0.25) is 5.95 Å². The smallest absolute Gasteiger partial charge is 0.227 e. The van der Waals surface area contributed by atoms with Gasteiger partial charge in [-0.25, -0.2) is 14.4 Å². The number of nitrogens with zero attached hydrogens (tertiary/aromatic N) is 4. The summed E-state index contributed by atoms with van der Waals surface area (Å²) in [7, 11) is 1.60. The van der Waals surface area contributed by atoms with Crippen LogP contribution in [0.5, 0.6) is 5.75 Å². The number of methoxy groups -OCH3 is 1. The minimum atomic E-state index is -0.520. The van der Waals surface area contributed by atoms with E-state index in [0.717, 1.165) is 24.5 Å². The molecule has 0 unspecified atom stereocenters. The number of anilines is 5. The number of piperazine rings is 1. The molecule has 4 rings (SSSR count). The quantitative estimate of drug-likeness (QED) is 0.426. The molecule has 2 atom stereocenters. The zero-order valence-corrected chi connectivity index (χ0v) is 19.6. The van der Waals surface area contributed by atoms with Gasteiger partial charge in [-0.1, -0.05) is 0 Å². The van der Waals surface area contributed by atoms with Crippen LogP contribution in [0.3, 0.4) is 0 Å². The van der Waals surface area contributed by atoms with Crippen LogP contribution in [0.2, 0.25) is 0 Å². The van der Waals surface area contributed by atoms with Crippen LogP contribution < -0.4 is 25.6 Å². The fourth-order valence-corrected chi connectivity index (χ4v) is 4.11. The Bertz CT molecular complexity index is 1090. The third-order valence-electron chi connectivity index (χ3n) is 5.04. The molecule has 2 aromatic heterocycles. The van der Waals surface area contributed by atoms with Gasteiger partial charge in [-0.3, -0.25) is 0 Å². The second-order valence-corrected chi connectivity index (χ2v) is 8.59. The van der Waals surface area contributed by atoms with E-state index in [4.69, 9.17) is 4.74 Å². The van der Waals surface area contributed by atoms with Crippen molar-refractivity contribution in [2.75, 3.05) is 35.7 Å². The molecular formula is C22H25BrFN7O. The van der Waals surface area contributed by atoms with Crippen molar-refractivity contribution in [2.24, 2.45) is 0 Å². The van der Waals surface area contributed by atoms with E-state index in [1.807, 2.05) is 24.3 Å². The molecule has 1 saturated heterocycles. The lowest BCUT2D eigenvalue weighted by Crippen LogP contribution is -2.54. The van der Waals surface area contributed by atoms with E-state index in [1.165, 1.54) is 6.20 Å². The largest absolute Gasteiger partial charge is 0.495 e. The minimum Gasteiger partial charge on any atom is -0.495 e.